The third-order valence-electron chi connectivity index (χ3n) is 3.93. The van der Waals surface area contributed by atoms with Crippen LogP contribution in [0.25, 0.3) is 0 Å². The van der Waals surface area contributed by atoms with Crippen LogP contribution in [0.3, 0.4) is 0 Å². The Bertz CT molecular complexity index is 643. The Hall–Kier alpha value is -1.40. The minimum absolute atomic E-state index is 0.306. The van der Waals surface area contributed by atoms with Gasteiger partial charge in [0.25, 0.3) is 10.0 Å². The van der Waals surface area contributed by atoms with Gasteiger partial charge in [-0.1, -0.05) is 19.1 Å². The molecule has 1 aliphatic rings. The fraction of sp³-hybridized carbons (Fsp3) is 0.562. The zero-order valence-electron chi connectivity index (χ0n) is 13.6. The molecule has 0 spiro atoms. The predicted molar refractivity (Wildman–Crippen MR) is 89.6 cm³/mol. The largest absolute Gasteiger partial charge is 0.303 e. The molecule has 0 bridgehead atoms. The highest BCUT2D eigenvalue weighted by molar-refractivity contribution is 7.89. The van der Waals surface area contributed by atoms with E-state index in [2.05, 4.69) is 21.8 Å². The van der Waals surface area contributed by atoms with Gasteiger partial charge >= 0.3 is 0 Å². The van der Waals surface area contributed by atoms with Crippen LogP contribution in [0.2, 0.25) is 0 Å². The van der Waals surface area contributed by atoms with Crippen molar-refractivity contribution >= 4 is 15.7 Å². The number of likely N-dealkylation sites (tertiary alicyclic amines) is 1. The van der Waals surface area contributed by atoms with E-state index in [1.165, 1.54) is 0 Å². The first kappa shape index (κ1) is 17.0. The number of nitrogens with one attached hydrogen (secondary N) is 1. The fourth-order valence-electron chi connectivity index (χ4n) is 2.63. The summed E-state index contributed by atoms with van der Waals surface area (Å²) in [6.07, 6.45) is 2.80. The molecule has 1 fully saturated rings. The van der Waals surface area contributed by atoms with Gasteiger partial charge in [0.2, 0.25) is 0 Å². The second-order valence-electron chi connectivity index (χ2n) is 5.88. The molecule has 1 heterocycles. The number of hydrogen-bond donors (Lipinski definition) is 1. The molecule has 6 heteroatoms. The first-order valence-corrected chi connectivity index (χ1v) is 9.27. The minimum Gasteiger partial charge on any atom is -0.303 e. The van der Waals surface area contributed by atoms with Crippen molar-refractivity contribution in [1.29, 1.82) is 0 Å². The van der Waals surface area contributed by atoms with E-state index in [-0.39, 0.29) is 0 Å². The van der Waals surface area contributed by atoms with Gasteiger partial charge in [-0.3, -0.25) is 0 Å². The molecular formula is C16H25N3O2S. The van der Waals surface area contributed by atoms with Crippen LogP contribution < -0.4 is 4.83 Å². The molecule has 0 amide bonds. The molecule has 22 heavy (non-hydrogen) atoms. The Morgan fingerprint density at radius 2 is 1.91 bits per heavy atom. The molecule has 2 rings (SSSR count). The maximum Gasteiger partial charge on any atom is 0.276 e. The number of piperidine rings is 1. The molecule has 1 aliphatic heterocycles. The lowest BCUT2D eigenvalue weighted by Crippen LogP contribution is -2.35. The van der Waals surface area contributed by atoms with Crippen LogP contribution >= 0.6 is 0 Å². The monoisotopic (exact) mass is 323 g/mol. The lowest BCUT2D eigenvalue weighted by atomic mass is 10.1. The molecule has 0 radical (unpaired) electrons. The number of aryl methyl sites for hydroxylation is 2. The average molecular weight is 323 g/mol. The van der Waals surface area contributed by atoms with E-state index >= 15 is 0 Å². The van der Waals surface area contributed by atoms with Crippen LogP contribution in [-0.2, 0) is 10.0 Å². The van der Waals surface area contributed by atoms with Crippen LogP contribution in [0.5, 0.6) is 0 Å². The Morgan fingerprint density at radius 1 is 1.23 bits per heavy atom. The highest BCUT2D eigenvalue weighted by Crippen LogP contribution is 2.17. The van der Waals surface area contributed by atoms with Crippen molar-refractivity contribution < 1.29 is 8.42 Å². The van der Waals surface area contributed by atoms with Gasteiger partial charge in [0.05, 0.1) is 4.90 Å². The van der Waals surface area contributed by atoms with Gasteiger partial charge < -0.3 is 4.90 Å². The first-order valence-electron chi connectivity index (χ1n) is 7.79. The smallest absolute Gasteiger partial charge is 0.276 e. The highest BCUT2D eigenvalue weighted by atomic mass is 32.2. The maximum absolute atomic E-state index is 12.4. The van der Waals surface area contributed by atoms with Gasteiger partial charge in [0, 0.05) is 31.6 Å². The van der Waals surface area contributed by atoms with Gasteiger partial charge in [-0.15, -0.1) is 0 Å². The summed E-state index contributed by atoms with van der Waals surface area (Å²) in [7, 11) is -3.59. The molecule has 1 aromatic rings. The highest BCUT2D eigenvalue weighted by Gasteiger charge is 2.18. The van der Waals surface area contributed by atoms with E-state index in [0.29, 0.717) is 4.90 Å². The molecule has 0 saturated carbocycles. The molecule has 1 saturated heterocycles. The van der Waals surface area contributed by atoms with Gasteiger partial charge in [-0.25, -0.2) is 4.83 Å². The number of rotatable bonds is 5. The van der Waals surface area contributed by atoms with E-state index < -0.39 is 10.0 Å². The van der Waals surface area contributed by atoms with E-state index in [4.69, 9.17) is 0 Å². The zero-order valence-corrected chi connectivity index (χ0v) is 14.4. The third kappa shape index (κ3) is 4.30. The quantitative estimate of drug-likeness (QED) is 0.847. The van der Waals surface area contributed by atoms with Gasteiger partial charge in [0.1, 0.15) is 0 Å². The minimum atomic E-state index is -3.59. The van der Waals surface area contributed by atoms with Crippen LogP contribution in [0.1, 0.15) is 37.3 Å². The van der Waals surface area contributed by atoms with Crippen molar-refractivity contribution in [3.63, 3.8) is 0 Å². The molecule has 1 N–H and O–H groups in total. The molecule has 0 aromatic heterocycles. The summed E-state index contributed by atoms with van der Waals surface area (Å²) in [6, 6.07) is 5.41. The summed E-state index contributed by atoms with van der Waals surface area (Å²) in [5.41, 5.74) is 2.59. The molecule has 0 atom stereocenters. The van der Waals surface area contributed by atoms with Gasteiger partial charge in [-0.2, -0.15) is 13.5 Å². The standard InChI is InChI=1S/C16H25N3O2S/c1-4-9-19-10-7-15(8-11-19)17-18-22(20,21)16-12-13(2)5-6-14(16)3/h5-6,12,18H,4,7-11H2,1-3H3. The molecule has 0 aliphatic carbocycles. The van der Waals surface area contributed by atoms with E-state index in [1.807, 2.05) is 19.1 Å². The Morgan fingerprint density at radius 3 is 2.55 bits per heavy atom. The summed E-state index contributed by atoms with van der Waals surface area (Å²) >= 11 is 0. The Labute approximate surface area is 133 Å². The number of benzene rings is 1. The number of nitrogens with zero attached hydrogens (tertiary/aromatic N) is 2. The lowest BCUT2D eigenvalue weighted by molar-refractivity contribution is 0.275. The third-order valence-corrected chi connectivity index (χ3v) is 5.28. The Kier molecular flexibility index (Phi) is 5.58. The molecule has 1 aromatic carbocycles. The second-order valence-corrected chi connectivity index (χ2v) is 7.51. The first-order chi connectivity index (χ1) is 10.4. The average Bonchev–Trinajstić information content (AvgIpc) is 2.49. The van der Waals surface area contributed by atoms with Crippen LogP contribution in [0.4, 0.5) is 0 Å². The number of hydrogen-bond acceptors (Lipinski definition) is 4. The number of hydrazone groups is 1. The van der Waals surface area contributed by atoms with Crippen molar-refractivity contribution in [2.75, 3.05) is 19.6 Å². The van der Waals surface area contributed by atoms with Crippen molar-refractivity contribution in [3.05, 3.63) is 29.3 Å². The van der Waals surface area contributed by atoms with Crippen LogP contribution in [0.15, 0.2) is 28.2 Å². The summed E-state index contributed by atoms with van der Waals surface area (Å²) in [6.45, 7) is 8.86. The summed E-state index contributed by atoms with van der Waals surface area (Å²) in [4.78, 5) is 5.09. The van der Waals surface area contributed by atoms with Gasteiger partial charge in [-0.05, 0) is 44.0 Å². The van der Waals surface area contributed by atoms with Crippen LogP contribution in [-0.4, -0.2) is 38.7 Å². The summed E-state index contributed by atoms with van der Waals surface area (Å²) in [5, 5.41) is 4.15. The molecular weight excluding hydrogens is 298 g/mol. The van der Waals surface area contributed by atoms with E-state index in [1.54, 1.807) is 13.0 Å². The van der Waals surface area contributed by atoms with Crippen LogP contribution in [0, 0.1) is 13.8 Å². The van der Waals surface area contributed by atoms with Crippen molar-refractivity contribution in [3.8, 4) is 0 Å². The lowest BCUT2D eigenvalue weighted by Gasteiger charge is -2.26. The normalized spacial score (nSPS) is 16.6. The van der Waals surface area contributed by atoms with Crippen molar-refractivity contribution in [1.82, 2.24) is 9.73 Å². The van der Waals surface area contributed by atoms with Gasteiger partial charge in [0.15, 0.2) is 0 Å². The summed E-state index contributed by atoms with van der Waals surface area (Å²) in [5.74, 6) is 0. The molecule has 0 unspecified atom stereocenters. The zero-order chi connectivity index (χ0) is 16.2. The SMILES string of the molecule is CCCN1CCC(=NNS(=O)(=O)c2cc(C)ccc2C)CC1. The summed E-state index contributed by atoms with van der Waals surface area (Å²) < 4.78 is 24.8. The van der Waals surface area contributed by atoms with E-state index in [9.17, 15) is 8.42 Å². The van der Waals surface area contributed by atoms with Crippen molar-refractivity contribution in [2.45, 2.75) is 44.9 Å². The van der Waals surface area contributed by atoms with E-state index in [0.717, 1.165) is 55.7 Å². The fourth-order valence-corrected chi connectivity index (χ4v) is 3.81. The molecule has 122 valence electrons. The topological polar surface area (TPSA) is 61.8 Å². The number of sulfonamides is 1. The second kappa shape index (κ2) is 7.24. The maximum atomic E-state index is 12.4. The predicted octanol–water partition coefficient (Wildman–Crippen LogP) is 2.44. The molecule has 5 nitrogen and oxygen atoms in total. The van der Waals surface area contributed by atoms with Crippen molar-refractivity contribution in [2.24, 2.45) is 5.10 Å². The Balaban J connectivity index is 2.04.